The van der Waals surface area contributed by atoms with E-state index in [1.807, 2.05) is 0 Å². The number of anilines is 1. The van der Waals surface area contributed by atoms with Crippen LogP contribution in [0.2, 0.25) is 0 Å². The Hall–Kier alpha value is -3.22. The molecule has 124 valence electrons. The molecule has 0 atom stereocenters. The number of amides is 1. The number of aromatic nitrogens is 1. The van der Waals surface area contributed by atoms with Gasteiger partial charge in [0.25, 0.3) is 5.91 Å². The zero-order valence-electron chi connectivity index (χ0n) is 13.2. The Morgan fingerprint density at radius 1 is 1.12 bits per heavy atom. The average molecular weight is 328 g/mol. The van der Waals surface area contributed by atoms with Crippen LogP contribution in [0.3, 0.4) is 0 Å². The third-order valence-electron chi connectivity index (χ3n) is 3.14. The van der Waals surface area contributed by atoms with E-state index in [2.05, 4.69) is 15.0 Å². The molecular weight excluding hydrogens is 312 g/mol. The molecule has 0 aliphatic carbocycles. The summed E-state index contributed by atoms with van der Waals surface area (Å²) in [4.78, 5) is 39.0. The van der Waals surface area contributed by atoms with E-state index in [1.165, 1.54) is 25.4 Å². The average Bonchev–Trinajstić information content (AvgIpc) is 2.61. The van der Waals surface area contributed by atoms with Crippen LogP contribution in [-0.4, -0.2) is 36.5 Å². The topological polar surface area (TPSA) is 94.6 Å². The first kappa shape index (κ1) is 17.1. The Morgan fingerprint density at radius 2 is 1.92 bits per heavy atom. The monoisotopic (exact) mass is 328 g/mol. The summed E-state index contributed by atoms with van der Waals surface area (Å²) < 4.78 is 9.53. The minimum Gasteiger partial charge on any atom is -0.465 e. The molecule has 1 aromatic carbocycles. The standard InChI is InChI=1S/C17H16N2O5/c1-11-6-7-12(16(21)23-2)9-14(11)19-15(20)10-24-17(22)13-5-3-4-8-18-13/h3-9H,10H2,1-2H3,(H,19,20). The Labute approximate surface area is 138 Å². The quantitative estimate of drug-likeness (QED) is 0.843. The van der Waals surface area contributed by atoms with Crippen molar-refractivity contribution < 1.29 is 23.9 Å². The predicted molar refractivity (Wildman–Crippen MR) is 85.7 cm³/mol. The fraction of sp³-hybridized carbons (Fsp3) is 0.176. The normalized spacial score (nSPS) is 9.92. The van der Waals surface area contributed by atoms with Gasteiger partial charge in [-0.05, 0) is 36.8 Å². The zero-order valence-corrected chi connectivity index (χ0v) is 13.2. The van der Waals surface area contributed by atoms with Gasteiger partial charge in [-0.3, -0.25) is 4.79 Å². The lowest BCUT2D eigenvalue weighted by Gasteiger charge is -2.10. The minimum absolute atomic E-state index is 0.120. The molecule has 0 aliphatic heterocycles. The molecule has 1 heterocycles. The van der Waals surface area contributed by atoms with Crippen molar-refractivity contribution in [3.8, 4) is 0 Å². The van der Waals surface area contributed by atoms with Gasteiger partial charge in [-0.15, -0.1) is 0 Å². The number of rotatable bonds is 5. The number of aryl methyl sites for hydroxylation is 1. The van der Waals surface area contributed by atoms with Gasteiger partial charge in [-0.2, -0.15) is 0 Å². The van der Waals surface area contributed by atoms with E-state index >= 15 is 0 Å². The highest BCUT2D eigenvalue weighted by molar-refractivity contribution is 5.97. The summed E-state index contributed by atoms with van der Waals surface area (Å²) in [6, 6.07) is 9.58. The van der Waals surface area contributed by atoms with Crippen molar-refractivity contribution in [1.82, 2.24) is 4.98 Å². The number of benzene rings is 1. The molecular formula is C17H16N2O5. The van der Waals surface area contributed by atoms with Gasteiger partial charge in [0.2, 0.25) is 0 Å². The van der Waals surface area contributed by atoms with Gasteiger partial charge in [0.15, 0.2) is 6.61 Å². The maximum Gasteiger partial charge on any atom is 0.357 e. The third kappa shape index (κ3) is 4.39. The second-order valence-corrected chi connectivity index (χ2v) is 4.86. The lowest BCUT2D eigenvalue weighted by molar-refractivity contribution is -0.119. The first-order valence-electron chi connectivity index (χ1n) is 7.08. The van der Waals surface area contributed by atoms with Gasteiger partial charge in [-0.1, -0.05) is 12.1 Å². The highest BCUT2D eigenvalue weighted by Crippen LogP contribution is 2.17. The first-order chi connectivity index (χ1) is 11.5. The van der Waals surface area contributed by atoms with Crippen molar-refractivity contribution >= 4 is 23.5 Å². The van der Waals surface area contributed by atoms with Gasteiger partial charge >= 0.3 is 11.9 Å². The number of nitrogens with zero attached hydrogens (tertiary/aromatic N) is 1. The molecule has 0 saturated carbocycles. The third-order valence-corrected chi connectivity index (χ3v) is 3.14. The number of hydrogen-bond donors (Lipinski definition) is 1. The molecule has 0 saturated heterocycles. The van der Waals surface area contributed by atoms with E-state index in [1.54, 1.807) is 31.2 Å². The van der Waals surface area contributed by atoms with Crippen LogP contribution in [-0.2, 0) is 14.3 Å². The lowest BCUT2D eigenvalue weighted by Crippen LogP contribution is -2.22. The minimum atomic E-state index is -0.689. The van der Waals surface area contributed by atoms with Crippen LogP contribution in [0, 0.1) is 6.92 Å². The van der Waals surface area contributed by atoms with E-state index in [0.717, 1.165) is 5.56 Å². The molecule has 1 N–H and O–H groups in total. The number of carbonyl (C=O) groups is 3. The number of pyridine rings is 1. The number of methoxy groups -OCH3 is 1. The highest BCUT2D eigenvalue weighted by Gasteiger charge is 2.13. The second kappa shape index (κ2) is 7.87. The van der Waals surface area contributed by atoms with Gasteiger partial charge in [-0.25, -0.2) is 14.6 Å². The Morgan fingerprint density at radius 3 is 2.58 bits per heavy atom. The van der Waals surface area contributed by atoms with Crippen molar-refractivity contribution in [3.05, 3.63) is 59.4 Å². The van der Waals surface area contributed by atoms with Crippen LogP contribution in [0.4, 0.5) is 5.69 Å². The van der Waals surface area contributed by atoms with E-state index in [-0.39, 0.29) is 5.69 Å². The fourth-order valence-electron chi connectivity index (χ4n) is 1.88. The molecule has 0 spiro atoms. The summed E-state index contributed by atoms with van der Waals surface area (Å²) in [7, 11) is 1.28. The lowest BCUT2D eigenvalue weighted by atomic mass is 10.1. The van der Waals surface area contributed by atoms with E-state index in [0.29, 0.717) is 11.3 Å². The van der Waals surface area contributed by atoms with Crippen molar-refractivity contribution in [2.24, 2.45) is 0 Å². The molecule has 7 nitrogen and oxygen atoms in total. The number of nitrogens with one attached hydrogen (secondary N) is 1. The number of ether oxygens (including phenoxy) is 2. The molecule has 2 rings (SSSR count). The molecule has 0 bridgehead atoms. The molecule has 0 unspecified atom stereocenters. The highest BCUT2D eigenvalue weighted by atomic mass is 16.5. The molecule has 2 aromatic rings. The van der Waals surface area contributed by atoms with Crippen LogP contribution in [0.1, 0.15) is 26.4 Å². The maximum absolute atomic E-state index is 11.9. The molecule has 0 radical (unpaired) electrons. The molecule has 1 amide bonds. The summed E-state index contributed by atoms with van der Waals surface area (Å²) in [6.07, 6.45) is 1.46. The summed E-state index contributed by atoms with van der Waals surface area (Å²) in [5.41, 5.74) is 1.63. The van der Waals surface area contributed by atoms with Crippen LogP contribution in [0.5, 0.6) is 0 Å². The maximum atomic E-state index is 11.9. The molecule has 1 aromatic heterocycles. The number of hydrogen-bond acceptors (Lipinski definition) is 6. The Balaban J connectivity index is 1.97. The summed E-state index contributed by atoms with van der Waals surface area (Å²) >= 11 is 0. The van der Waals surface area contributed by atoms with E-state index < -0.39 is 24.5 Å². The van der Waals surface area contributed by atoms with Gasteiger partial charge in [0, 0.05) is 11.9 Å². The van der Waals surface area contributed by atoms with Gasteiger partial charge < -0.3 is 14.8 Å². The zero-order chi connectivity index (χ0) is 17.5. The predicted octanol–water partition coefficient (Wildman–Crippen LogP) is 1.97. The van der Waals surface area contributed by atoms with Gasteiger partial charge in [0.05, 0.1) is 12.7 Å². The van der Waals surface area contributed by atoms with Crippen LogP contribution < -0.4 is 5.32 Å². The number of esters is 2. The second-order valence-electron chi connectivity index (χ2n) is 4.86. The van der Waals surface area contributed by atoms with Gasteiger partial charge in [0.1, 0.15) is 5.69 Å². The summed E-state index contributed by atoms with van der Waals surface area (Å²) in [5.74, 6) is -1.72. The summed E-state index contributed by atoms with van der Waals surface area (Å²) in [6.45, 7) is 1.31. The fourth-order valence-corrected chi connectivity index (χ4v) is 1.88. The Bertz CT molecular complexity index is 759. The molecule has 0 fully saturated rings. The van der Waals surface area contributed by atoms with Crippen LogP contribution >= 0.6 is 0 Å². The van der Waals surface area contributed by atoms with Crippen molar-refractivity contribution in [2.45, 2.75) is 6.92 Å². The first-order valence-corrected chi connectivity index (χ1v) is 7.08. The van der Waals surface area contributed by atoms with Crippen LogP contribution in [0.25, 0.3) is 0 Å². The summed E-state index contributed by atoms with van der Waals surface area (Å²) in [5, 5.41) is 2.59. The SMILES string of the molecule is COC(=O)c1ccc(C)c(NC(=O)COC(=O)c2ccccn2)c1. The van der Waals surface area contributed by atoms with E-state index in [4.69, 9.17) is 4.74 Å². The largest absolute Gasteiger partial charge is 0.465 e. The van der Waals surface area contributed by atoms with Crippen molar-refractivity contribution in [1.29, 1.82) is 0 Å². The van der Waals surface area contributed by atoms with Crippen molar-refractivity contribution in [3.63, 3.8) is 0 Å². The van der Waals surface area contributed by atoms with Crippen LogP contribution in [0.15, 0.2) is 42.6 Å². The Kier molecular flexibility index (Phi) is 5.62. The van der Waals surface area contributed by atoms with Crippen molar-refractivity contribution in [2.75, 3.05) is 19.0 Å². The molecule has 24 heavy (non-hydrogen) atoms. The van der Waals surface area contributed by atoms with E-state index in [9.17, 15) is 14.4 Å². The smallest absolute Gasteiger partial charge is 0.357 e. The molecule has 7 heteroatoms. The molecule has 0 aliphatic rings. The number of carbonyl (C=O) groups excluding carboxylic acids is 3.